The predicted molar refractivity (Wildman–Crippen MR) is 62.3 cm³/mol. The molecule has 86 valence electrons. The van der Waals surface area contributed by atoms with Crippen molar-refractivity contribution < 1.29 is 9.52 Å². The zero-order valence-electron chi connectivity index (χ0n) is 9.08. The van der Waals surface area contributed by atoms with Gasteiger partial charge in [0.05, 0.1) is 37.3 Å². The first-order valence-corrected chi connectivity index (χ1v) is 5.34. The van der Waals surface area contributed by atoms with E-state index in [4.69, 9.17) is 9.52 Å². The molecule has 5 heteroatoms. The second kappa shape index (κ2) is 4.03. The Balaban J connectivity index is 2.21. The minimum Gasteiger partial charge on any atom is -0.464 e. The summed E-state index contributed by atoms with van der Waals surface area (Å²) in [5, 5.41) is 14.2. The van der Waals surface area contributed by atoms with Crippen molar-refractivity contribution in [1.82, 2.24) is 14.8 Å². The van der Waals surface area contributed by atoms with Crippen LogP contribution in [0.2, 0.25) is 0 Å². The van der Waals surface area contributed by atoms with Gasteiger partial charge < -0.3 is 9.52 Å². The van der Waals surface area contributed by atoms with E-state index in [9.17, 15) is 0 Å². The molecule has 0 saturated carbocycles. The van der Waals surface area contributed by atoms with E-state index >= 15 is 0 Å². The first-order chi connectivity index (χ1) is 8.40. The normalized spacial score (nSPS) is 11.1. The van der Waals surface area contributed by atoms with E-state index in [1.807, 2.05) is 12.1 Å². The van der Waals surface area contributed by atoms with Gasteiger partial charge in [0.1, 0.15) is 5.76 Å². The second-order valence-electron chi connectivity index (χ2n) is 3.69. The molecule has 0 saturated heterocycles. The summed E-state index contributed by atoms with van der Waals surface area (Å²) in [5.41, 5.74) is 1.81. The Kier molecular flexibility index (Phi) is 2.38. The van der Waals surface area contributed by atoms with E-state index in [2.05, 4.69) is 10.1 Å². The van der Waals surface area contributed by atoms with Gasteiger partial charge in [-0.15, -0.1) is 0 Å². The molecule has 0 aliphatic heterocycles. The largest absolute Gasteiger partial charge is 0.464 e. The van der Waals surface area contributed by atoms with Gasteiger partial charge in [0.15, 0.2) is 0 Å². The summed E-state index contributed by atoms with van der Waals surface area (Å²) in [7, 11) is 0. The van der Waals surface area contributed by atoms with Crippen molar-refractivity contribution in [1.29, 1.82) is 0 Å². The van der Waals surface area contributed by atoms with E-state index in [0.29, 0.717) is 6.54 Å². The minimum atomic E-state index is 0.0573. The summed E-state index contributed by atoms with van der Waals surface area (Å²) in [6, 6.07) is 3.73. The minimum absolute atomic E-state index is 0.0573. The highest BCUT2D eigenvalue weighted by Gasteiger charge is 2.10. The van der Waals surface area contributed by atoms with E-state index < -0.39 is 0 Å². The number of nitrogens with zero attached hydrogens (tertiary/aromatic N) is 3. The lowest BCUT2D eigenvalue weighted by Crippen LogP contribution is -2.03. The van der Waals surface area contributed by atoms with E-state index in [1.165, 1.54) is 0 Å². The van der Waals surface area contributed by atoms with Crippen LogP contribution < -0.4 is 0 Å². The average Bonchev–Trinajstić information content (AvgIpc) is 2.98. The van der Waals surface area contributed by atoms with E-state index in [1.54, 1.807) is 29.5 Å². The van der Waals surface area contributed by atoms with Gasteiger partial charge in [-0.2, -0.15) is 5.10 Å². The molecule has 5 nitrogen and oxygen atoms in total. The van der Waals surface area contributed by atoms with Crippen LogP contribution in [0, 0.1) is 0 Å². The molecule has 0 bridgehead atoms. The molecule has 1 N–H and O–H groups in total. The molecule has 0 amide bonds. The third kappa shape index (κ3) is 1.60. The molecule has 0 spiro atoms. The van der Waals surface area contributed by atoms with Crippen LogP contribution in [-0.2, 0) is 6.54 Å². The van der Waals surface area contributed by atoms with Crippen molar-refractivity contribution in [2.75, 3.05) is 6.61 Å². The van der Waals surface area contributed by atoms with Crippen LogP contribution in [0.4, 0.5) is 0 Å². The number of furan rings is 1. The summed E-state index contributed by atoms with van der Waals surface area (Å²) in [4.78, 5) is 4.18. The van der Waals surface area contributed by atoms with Gasteiger partial charge in [0.2, 0.25) is 0 Å². The van der Waals surface area contributed by atoms with Crippen LogP contribution in [0.25, 0.3) is 22.2 Å². The summed E-state index contributed by atoms with van der Waals surface area (Å²) >= 11 is 0. The molecule has 0 atom stereocenters. The molecule has 0 aromatic carbocycles. The molecular formula is C12H11N3O2. The number of pyridine rings is 1. The SMILES string of the molecule is OCCn1ncc2c(-c3ccco3)cncc21. The summed E-state index contributed by atoms with van der Waals surface area (Å²) < 4.78 is 7.10. The van der Waals surface area contributed by atoms with Crippen molar-refractivity contribution in [3.63, 3.8) is 0 Å². The van der Waals surface area contributed by atoms with Crippen LogP contribution in [0.3, 0.4) is 0 Å². The number of aromatic nitrogens is 3. The standard InChI is InChI=1S/C12H11N3O2/c16-4-3-15-11-8-13-6-10(9(11)7-14-15)12-2-1-5-17-12/h1-2,5-8,16H,3-4H2. The number of aliphatic hydroxyl groups is 1. The Morgan fingerprint density at radius 1 is 1.29 bits per heavy atom. The Labute approximate surface area is 97.3 Å². The third-order valence-electron chi connectivity index (χ3n) is 2.67. The molecule has 17 heavy (non-hydrogen) atoms. The van der Waals surface area contributed by atoms with Gasteiger partial charge >= 0.3 is 0 Å². The first-order valence-electron chi connectivity index (χ1n) is 5.34. The number of hydrogen-bond donors (Lipinski definition) is 1. The highest BCUT2D eigenvalue weighted by Crippen LogP contribution is 2.27. The first kappa shape index (κ1) is 10.0. The van der Waals surface area contributed by atoms with Gasteiger partial charge in [0.25, 0.3) is 0 Å². The lowest BCUT2D eigenvalue weighted by Gasteiger charge is -2.01. The fraction of sp³-hybridized carbons (Fsp3) is 0.167. The Bertz CT molecular complexity index is 628. The smallest absolute Gasteiger partial charge is 0.136 e. The Morgan fingerprint density at radius 2 is 2.24 bits per heavy atom. The maximum atomic E-state index is 8.95. The average molecular weight is 229 g/mol. The van der Waals surface area contributed by atoms with Gasteiger partial charge in [-0.25, -0.2) is 0 Å². The highest BCUT2D eigenvalue weighted by molar-refractivity contribution is 5.92. The van der Waals surface area contributed by atoms with Crippen molar-refractivity contribution in [2.45, 2.75) is 6.54 Å². The molecule has 0 fully saturated rings. The number of fused-ring (bicyclic) bond motifs is 1. The fourth-order valence-electron chi connectivity index (χ4n) is 1.89. The van der Waals surface area contributed by atoms with Crippen LogP contribution >= 0.6 is 0 Å². The molecule has 3 aromatic rings. The zero-order valence-corrected chi connectivity index (χ0v) is 9.08. The summed E-state index contributed by atoms with van der Waals surface area (Å²) in [5.74, 6) is 0.770. The van der Waals surface area contributed by atoms with Crippen LogP contribution in [0.5, 0.6) is 0 Å². The van der Waals surface area contributed by atoms with E-state index in [-0.39, 0.29) is 6.61 Å². The van der Waals surface area contributed by atoms with Crippen molar-refractivity contribution in [3.05, 3.63) is 37.0 Å². The van der Waals surface area contributed by atoms with Crippen LogP contribution in [0.1, 0.15) is 0 Å². The fourth-order valence-corrected chi connectivity index (χ4v) is 1.89. The van der Waals surface area contributed by atoms with Gasteiger partial charge in [-0.1, -0.05) is 0 Å². The maximum Gasteiger partial charge on any atom is 0.136 e. The van der Waals surface area contributed by atoms with Crippen molar-refractivity contribution in [2.24, 2.45) is 0 Å². The lowest BCUT2D eigenvalue weighted by molar-refractivity contribution is 0.271. The Hall–Kier alpha value is -2.14. The molecular weight excluding hydrogens is 218 g/mol. The monoisotopic (exact) mass is 229 g/mol. The number of hydrogen-bond acceptors (Lipinski definition) is 4. The predicted octanol–water partition coefficient (Wildman–Crippen LogP) is 1.68. The van der Waals surface area contributed by atoms with Crippen LogP contribution in [-0.4, -0.2) is 26.5 Å². The van der Waals surface area contributed by atoms with Crippen LogP contribution in [0.15, 0.2) is 41.4 Å². The van der Waals surface area contributed by atoms with Crippen molar-refractivity contribution in [3.8, 4) is 11.3 Å². The molecule has 0 unspecified atom stereocenters. The van der Waals surface area contributed by atoms with Gasteiger partial charge in [-0.05, 0) is 12.1 Å². The molecule has 0 aliphatic rings. The molecule has 3 aromatic heterocycles. The molecule has 3 rings (SSSR count). The number of aliphatic hydroxyl groups excluding tert-OH is 1. The van der Waals surface area contributed by atoms with Gasteiger partial charge in [-0.3, -0.25) is 9.67 Å². The topological polar surface area (TPSA) is 64.1 Å². The summed E-state index contributed by atoms with van der Waals surface area (Å²) in [6.45, 7) is 0.522. The molecule has 0 aliphatic carbocycles. The van der Waals surface area contributed by atoms with E-state index in [0.717, 1.165) is 22.2 Å². The summed E-state index contributed by atoms with van der Waals surface area (Å²) in [6.07, 6.45) is 6.90. The third-order valence-corrected chi connectivity index (χ3v) is 2.67. The molecule has 0 radical (unpaired) electrons. The van der Waals surface area contributed by atoms with Gasteiger partial charge in [0, 0.05) is 17.1 Å². The zero-order chi connectivity index (χ0) is 11.7. The second-order valence-corrected chi connectivity index (χ2v) is 3.69. The lowest BCUT2D eigenvalue weighted by atomic mass is 10.1. The van der Waals surface area contributed by atoms with Crippen molar-refractivity contribution >= 4 is 10.9 Å². The number of rotatable bonds is 3. The highest BCUT2D eigenvalue weighted by atomic mass is 16.3. The quantitative estimate of drug-likeness (QED) is 0.742. The Morgan fingerprint density at radius 3 is 3.00 bits per heavy atom. The maximum absolute atomic E-state index is 8.95. The molecule has 3 heterocycles.